The lowest BCUT2D eigenvalue weighted by atomic mass is 10.0. The summed E-state index contributed by atoms with van der Waals surface area (Å²) in [6.45, 7) is 0.445. The van der Waals surface area contributed by atoms with Crippen molar-refractivity contribution in [3.05, 3.63) is 77.8 Å². The van der Waals surface area contributed by atoms with E-state index in [0.29, 0.717) is 17.8 Å². The summed E-state index contributed by atoms with van der Waals surface area (Å²) in [6.07, 6.45) is 7.50. The van der Waals surface area contributed by atoms with Gasteiger partial charge >= 0.3 is 0 Å². The topological polar surface area (TPSA) is 72.1 Å². The van der Waals surface area contributed by atoms with E-state index in [4.69, 9.17) is 10.7 Å². The molecule has 1 amide bonds. The molecule has 1 aliphatic carbocycles. The number of hydrogen-bond donors (Lipinski definition) is 1. The zero-order valence-corrected chi connectivity index (χ0v) is 13.3. The molecule has 2 aromatic heterocycles. The van der Waals surface area contributed by atoms with Crippen LogP contribution in [0.5, 0.6) is 0 Å². The quantitative estimate of drug-likeness (QED) is 0.784. The van der Waals surface area contributed by atoms with Gasteiger partial charge in [0.25, 0.3) is 5.91 Å². The Morgan fingerprint density at radius 2 is 2.00 bits per heavy atom. The van der Waals surface area contributed by atoms with Crippen LogP contribution in [0.1, 0.15) is 16.1 Å². The van der Waals surface area contributed by atoms with Crippen molar-refractivity contribution in [1.82, 2.24) is 14.9 Å². The second-order valence-corrected chi connectivity index (χ2v) is 6.11. The van der Waals surface area contributed by atoms with Crippen molar-refractivity contribution >= 4 is 22.5 Å². The van der Waals surface area contributed by atoms with Gasteiger partial charge in [0.15, 0.2) is 0 Å². The monoisotopic (exact) mass is 326 g/mol. The number of amides is 1. The maximum atomic E-state index is 12.8. The van der Waals surface area contributed by atoms with E-state index in [2.05, 4.69) is 4.98 Å². The van der Waals surface area contributed by atoms with Crippen LogP contribution < -0.4 is 5.73 Å². The number of aromatic nitrogens is 2. The van der Waals surface area contributed by atoms with Gasteiger partial charge in [0.2, 0.25) is 0 Å². The third kappa shape index (κ3) is 1.92. The molecule has 3 aromatic rings. The fourth-order valence-electron chi connectivity index (χ4n) is 3.37. The average molecular weight is 326 g/mol. The molecule has 2 aliphatic rings. The summed E-state index contributed by atoms with van der Waals surface area (Å²) in [7, 11) is 0. The first kappa shape index (κ1) is 13.9. The molecule has 0 spiro atoms. The van der Waals surface area contributed by atoms with Gasteiger partial charge in [0.1, 0.15) is 0 Å². The summed E-state index contributed by atoms with van der Waals surface area (Å²) in [5.41, 5.74) is 11.6. The summed E-state index contributed by atoms with van der Waals surface area (Å²) < 4.78 is 0. The van der Waals surface area contributed by atoms with Crippen molar-refractivity contribution in [3.63, 3.8) is 0 Å². The number of para-hydroxylation sites is 1. The lowest BCUT2D eigenvalue weighted by Gasteiger charge is -2.19. The van der Waals surface area contributed by atoms with Gasteiger partial charge in [0.05, 0.1) is 34.7 Å². The lowest BCUT2D eigenvalue weighted by Crippen LogP contribution is -2.24. The Morgan fingerprint density at radius 1 is 1.12 bits per heavy atom. The first-order valence-electron chi connectivity index (χ1n) is 8.07. The number of nitrogens with zero attached hydrogens (tertiary/aromatic N) is 3. The third-order valence-corrected chi connectivity index (χ3v) is 4.68. The summed E-state index contributed by atoms with van der Waals surface area (Å²) >= 11 is 0. The minimum absolute atomic E-state index is 0.0826. The number of carbonyl (C=O) groups excluding carboxylic acids is 1. The molecule has 1 aliphatic heterocycles. The molecule has 25 heavy (non-hydrogen) atoms. The van der Waals surface area contributed by atoms with E-state index < -0.39 is 0 Å². The number of allylic oxidation sites excluding steroid dienone is 3. The molecule has 5 nitrogen and oxygen atoms in total. The van der Waals surface area contributed by atoms with Gasteiger partial charge in [-0.05, 0) is 24.3 Å². The minimum atomic E-state index is -0.0826. The van der Waals surface area contributed by atoms with Crippen molar-refractivity contribution in [1.29, 1.82) is 0 Å². The number of pyridine rings is 2. The van der Waals surface area contributed by atoms with E-state index in [0.717, 1.165) is 33.6 Å². The number of nitrogen functional groups attached to an aromatic ring is 1. The van der Waals surface area contributed by atoms with Gasteiger partial charge in [-0.15, -0.1) is 0 Å². The van der Waals surface area contributed by atoms with Crippen LogP contribution in [0, 0.1) is 0 Å². The molecular weight excluding hydrogens is 312 g/mol. The molecule has 0 radical (unpaired) electrons. The number of hydrogen-bond acceptors (Lipinski definition) is 4. The highest BCUT2D eigenvalue weighted by atomic mass is 16.2. The predicted molar refractivity (Wildman–Crippen MR) is 96.5 cm³/mol. The van der Waals surface area contributed by atoms with Crippen LogP contribution in [0.4, 0.5) is 5.69 Å². The second kappa shape index (κ2) is 5.01. The molecule has 0 unspecified atom stereocenters. The van der Waals surface area contributed by atoms with E-state index in [1.165, 1.54) is 0 Å². The largest absolute Gasteiger partial charge is 0.397 e. The minimum Gasteiger partial charge on any atom is -0.397 e. The van der Waals surface area contributed by atoms with Crippen molar-refractivity contribution in [2.45, 2.75) is 6.54 Å². The summed E-state index contributed by atoms with van der Waals surface area (Å²) in [6, 6.07) is 11.6. The van der Waals surface area contributed by atoms with Gasteiger partial charge in [-0.25, -0.2) is 4.98 Å². The van der Waals surface area contributed by atoms with Crippen molar-refractivity contribution in [2.75, 3.05) is 5.73 Å². The number of benzene rings is 1. The van der Waals surface area contributed by atoms with Crippen molar-refractivity contribution in [3.8, 4) is 11.3 Å². The molecule has 0 saturated carbocycles. The van der Waals surface area contributed by atoms with Crippen LogP contribution in [-0.2, 0) is 6.54 Å². The normalized spacial score (nSPS) is 15.3. The van der Waals surface area contributed by atoms with E-state index >= 15 is 0 Å². The molecule has 5 heteroatoms. The smallest absolute Gasteiger partial charge is 0.262 e. The van der Waals surface area contributed by atoms with Crippen molar-refractivity contribution in [2.24, 2.45) is 0 Å². The van der Waals surface area contributed by atoms with Crippen molar-refractivity contribution < 1.29 is 4.79 Å². The standard InChI is InChI=1S/C20H14N4O/c21-18-14-8-4-7-13(15-9-1-2-10-22-15)19(14)23-16-11-24(12-5-3-6-12)20(25)17(16)18/h1-10H,11H2,(H2,21,23). The maximum absolute atomic E-state index is 12.8. The molecular formula is C20H14N4O. The number of fused-ring (bicyclic) bond motifs is 2. The Hall–Kier alpha value is -3.47. The first-order chi connectivity index (χ1) is 12.2. The van der Waals surface area contributed by atoms with E-state index in [1.54, 1.807) is 11.1 Å². The molecule has 120 valence electrons. The SMILES string of the molecule is Nc1c2c(nc3c(-c4ccccn4)cccc13)CN(C1=CC=C1)C2=O. The Bertz CT molecular complexity index is 1100. The maximum Gasteiger partial charge on any atom is 0.262 e. The zero-order chi connectivity index (χ0) is 17.0. The Morgan fingerprint density at radius 3 is 2.72 bits per heavy atom. The van der Waals surface area contributed by atoms with Crippen LogP contribution >= 0.6 is 0 Å². The molecule has 2 N–H and O–H groups in total. The van der Waals surface area contributed by atoms with Crippen LogP contribution in [0.2, 0.25) is 0 Å². The summed E-state index contributed by atoms with van der Waals surface area (Å²) in [4.78, 5) is 23.7. The van der Waals surface area contributed by atoms with Gasteiger partial charge in [0, 0.05) is 22.8 Å². The Balaban J connectivity index is 1.74. The lowest BCUT2D eigenvalue weighted by molar-refractivity contribution is 0.0831. The molecule has 0 saturated heterocycles. The highest BCUT2D eigenvalue weighted by Gasteiger charge is 2.34. The van der Waals surface area contributed by atoms with Crippen LogP contribution in [0.3, 0.4) is 0 Å². The summed E-state index contributed by atoms with van der Waals surface area (Å²) in [5, 5.41) is 0.787. The van der Waals surface area contributed by atoms with E-state index in [1.807, 2.05) is 54.6 Å². The van der Waals surface area contributed by atoms with Crippen LogP contribution in [0.25, 0.3) is 22.2 Å². The molecule has 3 heterocycles. The van der Waals surface area contributed by atoms with Gasteiger partial charge < -0.3 is 10.6 Å². The van der Waals surface area contributed by atoms with Crippen LogP contribution in [-0.4, -0.2) is 20.8 Å². The summed E-state index contributed by atoms with van der Waals surface area (Å²) in [5.74, 6) is -0.0826. The fraction of sp³-hybridized carbons (Fsp3) is 0.0500. The van der Waals surface area contributed by atoms with Gasteiger partial charge in [-0.2, -0.15) is 0 Å². The molecule has 0 bridgehead atoms. The second-order valence-electron chi connectivity index (χ2n) is 6.11. The Kier molecular flexibility index (Phi) is 2.79. The van der Waals surface area contributed by atoms with E-state index in [-0.39, 0.29) is 5.91 Å². The molecule has 0 fully saturated rings. The van der Waals surface area contributed by atoms with Gasteiger partial charge in [-0.1, -0.05) is 30.3 Å². The third-order valence-electron chi connectivity index (χ3n) is 4.68. The molecule has 0 atom stereocenters. The highest BCUT2D eigenvalue weighted by molar-refractivity contribution is 6.11. The fourth-order valence-corrected chi connectivity index (χ4v) is 3.37. The number of carbonyl (C=O) groups is 1. The number of rotatable bonds is 2. The first-order valence-corrected chi connectivity index (χ1v) is 8.07. The Labute approximate surface area is 144 Å². The van der Waals surface area contributed by atoms with Crippen LogP contribution in [0.15, 0.2) is 66.5 Å². The number of anilines is 1. The average Bonchev–Trinajstić information content (AvgIpc) is 2.91. The predicted octanol–water partition coefficient (Wildman–Crippen LogP) is 3.29. The highest BCUT2D eigenvalue weighted by Crippen LogP contribution is 2.37. The molecule has 5 rings (SSSR count). The zero-order valence-electron chi connectivity index (χ0n) is 13.3. The molecule has 1 aromatic carbocycles. The van der Waals surface area contributed by atoms with E-state index in [9.17, 15) is 4.79 Å². The van der Waals surface area contributed by atoms with Gasteiger partial charge in [-0.3, -0.25) is 9.78 Å². The number of nitrogens with two attached hydrogens (primary N) is 1.